The molecule has 4 N–H and O–H groups in total. The van der Waals surface area contributed by atoms with Crippen LogP contribution in [-0.4, -0.2) is 39.5 Å². The number of benzene rings is 3. The van der Waals surface area contributed by atoms with Crippen LogP contribution in [0.2, 0.25) is 0 Å². The first-order chi connectivity index (χ1) is 19.3. The highest BCUT2D eigenvalue weighted by molar-refractivity contribution is 6.38. The number of nitrogens with zero attached hydrogens (tertiary/aromatic N) is 2. The van der Waals surface area contributed by atoms with Crippen molar-refractivity contribution >= 4 is 23.7 Å². The summed E-state index contributed by atoms with van der Waals surface area (Å²) in [7, 11) is 0. The average molecular weight is 540 g/mol. The molecule has 0 saturated heterocycles. The van der Waals surface area contributed by atoms with Crippen LogP contribution in [0.1, 0.15) is 32.9 Å². The number of nitrogens with two attached hydrogens (primary N) is 1. The highest BCUT2D eigenvalue weighted by atomic mass is 16.5. The fourth-order valence-electron chi connectivity index (χ4n) is 4.07. The molecule has 40 heavy (non-hydrogen) atoms. The highest BCUT2D eigenvalue weighted by Crippen LogP contribution is 2.16. The summed E-state index contributed by atoms with van der Waals surface area (Å²) in [6.07, 6.45) is -0.462. The molecule has 0 aliphatic rings. The standard InChI is InChI=1S/C30H29N5O5/c1-20-15-26(29(38)33-25(27(36)28(31)37)17-21-9-4-2-5-10-21)35(34-20)24-14-8-13-23(16-24)18-32-30(39)40-19-22-11-6-3-7-12-22/h2-16,25H,17-19H2,1H3,(H2,31,37)(H,32,39)(H,33,38). The first-order valence-electron chi connectivity index (χ1n) is 12.6. The summed E-state index contributed by atoms with van der Waals surface area (Å²) in [6.45, 7) is 2.08. The number of hydrogen-bond donors (Lipinski definition) is 3. The Hall–Kier alpha value is -5.25. The van der Waals surface area contributed by atoms with Crippen molar-refractivity contribution in [2.24, 2.45) is 5.73 Å². The monoisotopic (exact) mass is 539 g/mol. The van der Waals surface area contributed by atoms with Crippen LogP contribution in [0.15, 0.2) is 91.0 Å². The highest BCUT2D eigenvalue weighted by Gasteiger charge is 2.27. The number of alkyl carbamates (subject to hydrolysis) is 1. The van der Waals surface area contributed by atoms with E-state index in [-0.39, 0.29) is 25.3 Å². The lowest BCUT2D eigenvalue weighted by Gasteiger charge is -2.17. The molecule has 0 aliphatic carbocycles. The number of nitrogens with one attached hydrogen (secondary N) is 2. The third-order valence-corrected chi connectivity index (χ3v) is 6.02. The molecule has 4 rings (SSSR count). The molecule has 1 aromatic heterocycles. The maximum absolute atomic E-state index is 13.3. The van der Waals surface area contributed by atoms with E-state index in [4.69, 9.17) is 10.5 Å². The number of amides is 3. The SMILES string of the molecule is Cc1cc(C(=O)NC(Cc2ccccc2)C(=O)C(N)=O)n(-c2cccc(CNC(=O)OCc3ccccc3)c2)n1. The Labute approximate surface area is 231 Å². The Kier molecular flexibility index (Phi) is 9.03. The number of Topliss-reactive ketones (excluding diaryl/α,β-unsaturated/α-hetero) is 1. The van der Waals surface area contributed by atoms with Crippen molar-refractivity contribution in [3.63, 3.8) is 0 Å². The lowest BCUT2D eigenvalue weighted by atomic mass is 10.0. The summed E-state index contributed by atoms with van der Waals surface area (Å²) in [4.78, 5) is 49.7. The van der Waals surface area contributed by atoms with E-state index < -0.39 is 29.7 Å². The molecule has 204 valence electrons. The van der Waals surface area contributed by atoms with Crippen molar-refractivity contribution < 1.29 is 23.9 Å². The molecule has 0 spiro atoms. The van der Waals surface area contributed by atoms with Gasteiger partial charge in [-0.1, -0.05) is 72.8 Å². The largest absolute Gasteiger partial charge is 0.445 e. The molecular formula is C30H29N5O5. The van der Waals surface area contributed by atoms with Gasteiger partial charge in [-0.15, -0.1) is 0 Å². The van der Waals surface area contributed by atoms with Gasteiger partial charge in [-0.25, -0.2) is 9.48 Å². The zero-order valence-corrected chi connectivity index (χ0v) is 21.9. The number of hydrogen-bond acceptors (Lipinski definition) is 6. The van der Waals surface area contributed by atoms with Crippen LogP contribution in [-0.2, 0) is 33.9 Å². The van der Waals surface area contributed by atoms with Gasteiger partial charge in [0.1, 0.15) is 18.3 Å². The number of ether oxygens (including phenoxy) is 1. The van der Waals surface area contributed by atoms with Gasteiger partial charge in [-0.2, -0.15) is 5.10 Å². The lowest BCUT2D eigenvalue weighted by Crippen LogP contribution is -2.47. The number of primary amides is 1. The zero-order chi connectivity index (χ0) is 28.5. The van der Waals surface area contributed by atoms with Gasteiger partial charge in [0.25, 0.3) is 11.8 Å². The van der Waals surface area contributed by atoms with Gasteiger partial charge in [0.15, 0.2) is 0 Å². The number of aryl methyl sites for hydroxylation is 1. The van der Waals surface area contributed by atoms with Crippen LogP contribution in [0.5, 0.6) is 0 Å². The molecule has 10 heteroatoms. The van der Waals surface area contributed by atoms with Crippen molar-refractivity contribution in [1.29, 1.82) is 0 Å². The first-order valence-corrected chi connectivity index (χ1v) is 12.6. The van der Waals surface area contributed by atoms with E-state index in [1.165, 1.54) is 4.68 Å². The van der Waals surface area contributed by atoms with E-state index in [1.807, 2.05) is 42.5 Å². The van der Waals surface area contributed by atoms with Crippen LogP contribution < -0.4 is 16.4 Å². The second-order valence-electron chi connectivity index (χ2n) is 9.11. The minimum Gasteiger partial charge on any atom is -0.445 e. The topological polar surface area (TPSA) is 145 Å². The lowest BCUT2D eigenvalue weighted by molar-refractivity contribution is -0.137. The molecule has 1 atom stereocenters. The van der Waals surface area contributed by atoms with Gasteiger partial charge in [0, 0.05) is 13.0 Å². The summed E-state index contributed by atoms with van der Waals surface area (Å²) in [6, 6.07) is 25.9. The third kappa shape index (κ3) is 7.41. The minimum atomic E-state index is -1.14. The van der Waals surface area contributed by atoms with Gasteiger partial charge < -0.3 is 21.1 Å². The molecule has 3 aromatic carbocycles. The molecule has 0 aliphatic heterocycles. The van der Waals surface area contributed by atoms with Gasteiger partial charge in [-0.05, 0) is 41.8 Å². The molecule has 0 saturated carbocycles. The Balaban J connectivity index is 1.46. The molecule has 4 aromatic rings. The third-order valence-electron chi connectivity index (χ3n) is 6.02. The summed E-state index contributed by atoms with van der Waals surface area (Å²) < 4.78 is 6.69. The van der Waals surface area contributed by atoms with Crippen LogP contribution in [0, 0.1) is 6.92 Å². The van der Waals surface area contributed by atoms with Crippen molar-refractivity contribution in [3.8, 4) is 5.69 Å². The van der Waals surface area contributed by atoms with Crippen LogP contribution in [0.3, 0.4) is 0 Å². The summed E-state index contributed by atoms with van der Waals surface area (Å²) in [5.41, 5.74) is 8.94. The normalized spacial score (nSPS) is 11.3. The van der Waals surface area contributed by atoms with E-state index >= 15 is 0 Å². The molecule has 0 bridgehead atoms. The smallest absolute Gasteiger partial charge is 0.407 e. The number of aromatic nitrogens is 2. The molecule has 0 radical (unpaired) electrons. The van der Waals surface area contributed by atoms with E-state index in [2.05, 4.69) is 15.7 Å². The molecule has 1 unspecified atom stereocenters. The number of rotatable bonds is 11. The maximum Gasteiger partial charge on any atom is 0.407 e. The van der Waals surface area contributed by atoms with Gasteiger partial charge in [-0.3, -0.25) is 14.4 Å². The number of carbonyl (C=O) groups is 4. The predicted octanol–water partition coefficient (Wildman–Crippen LogP) is 3.00. The van der Waals surface area contributed by atoms with Gasteiger partial charge in [0.2, 0.25) is 5.78 Å². The van der Waals surface area contributed by atoms with Gasteiger partial charge in [0.05, 0.1) is 11.4 Å². The second kappa shape index (κ2) is 13.0. The average Bonchev–Trinajstić information content (AvgIpc) is 3.37. The Morgan fingerprint density at radius 2 is 1.52 bits per heavy atom. The van der Waals surface area contributed by atoms with E-state index in [9.17, 15) is 19.2 Å². The fourth-order valence-corrected chi connectivity index (χ4v) is 4.07. The molecule has 0 fully saturated rings. The van der Waals surface area contributed by atoms with Crippen molar-refractivity contribution in [1.82, 2.24) is 20.4 Å². The van der Waals surface area contributed by atoms with E-state index in [0.29, 0.717) is 11.4 Å². The van der Waals surface area contributed by atoms with Gasteiger partial charge >= 0.3 is 6.09 Å². The number of carbonyl (C=O) groups excluding carboxylic acids is 4. The van der Waals surface area contributed by atoms with Crippen LogP contribution >= 0.6 is 0 Å². The van der Waals surface area contributed by atoms with Crippen LogP contribution in [0.25, 0.3) is 5.69 Å². The Morgan fingerprint density at radius 1 is 0.875 bits per heavy atom. The summed E-state index contributed by atoms with van der Waals surface area (Å²) in [5.74, 6) is -2.62. The Morgan fingerprint density at radius 3 is 2.20 bits per heavy atom. The Bertz CT molecular complexity index is 1500. The van der Waals surface area contributed by atoms with E-state index in [0.717, 1.165) is 16.7 Å². The fraction of sp³-hybridized carbons (Fsp3) is 0.167. The maximum atomic E-state index is 13.3. The van der Waals surface area contributed by atoms with E-state index in [1.54, 1.807) is 55.5 Å². The minimum absolute atomic E-state index is 0.100. The zero-order valence-electron chi connectivity index (χ0n) is 21.9. The molecular weight excluding hydrogens is 510 g/mol. The quantitative estimate of drug-likeness (QED) is 0.250. The van der Waals surface area contributed by atoms with Crippen molar-refractivity contribution in [2.75, 3.05) is 0 Å². The summed E-state index contributed by atoms with van der Waals surface area (Å²) >= 11 is 0. The molecule has 1 heterocycles. The van der Waals surface area contributed by atoms with Crippen molar-refractivity contribution in [2.45, 2.75) is 32.5 Å². The van der Waals surface area contributed by atoms with Crippen molar-refractivity contribution in [3.05, 3.63) is 119 Å². The first kappa shape index (κ1) is 27.8. The van der Waals surface area contributed by atoms with Crippen LogP contribution in [0.4, 0.5) is 4.79 Å². The number of ketones is 1. The predicted molar refractivity (Wildman–Crippen MR) is 147 cm³/mol. The molecule has 10 nitrogen and oxygen atoms in total. The molecule has 3 amide bonds. The summed E-state index contributed by atoms with van der Waals surface area (Å²) in [5, 5.41) is 9.80. The second-order valence-corrected chi connectivity index (χ2v) is 9.11.